The van der Waals surface area contributed by atoms with Gasteiger partial charge in [0.05, 0.1) is 10.0 Å². The van der Waals surface area contributed by atoms with E-state index in [-0.39, 0.29) is 0 Å². The summed E-state index contributed by atoms with van der Waals surface area (Å²) in [6.45, 7) is 0. The summed E-state index contributed by atoms with van der Waals surface area (Å²) in [7, 11) is 0. The molecule has 2 aromatic rings. The number of nitrogens with zero attached hydrogens (tertiary/aromatic N) is 3. The molecule has 0 aliphatic heterocycles. The van der Waals surface area contributed by atoms with Gasteiger partial charge in [-0.2, -0.15) is 0 Å². The highest BCUT2D eigenvalue weighted by atomic mass is 35.5. The summed E-state index contributed by atoms with van der Waals surface area (Å²) in [5.74, 6) is 0.992. The van der Waals surface area contributed by atoms with Gasteiger partial charge in [-0.05, 0) is 30.5 Å². The van der Waals surface area contributed by atoms with Crippen LogP contribution >= 0.6 is 23.2 Å². The number of hydrogen-bond donors (Lipinski definition) is 0. The fraction of sp³-hybridized carbons (Fsp3) is 0.333. The molecule has 1 aromatic heterocycles. The van der Waals surface area contributed by atoms with Crippen molar-refractivity contribution in [3.8, 4) is 0 Å². The first-order valence-electron chi connectivity index (χ1n) is 5.56. The lowest BCUT2D eigenvalue weighted by Crippen LogP contribution is -2.01. The first-order chi connectivity index (χ1) is 8.24. The SMILES string of the molecule is Clc1ccc(Cc2nncn2C2CC2)cc1Cl. The van der Waals surface area contributed by atoms with E-state index >= 15 is 0 Å². The average molecular weight is 268 g/mol. The van der Waals surface area contributed by atoms with Crippen LogP contribution in [0, 0.1) is 0 Å². The summed E-state index contributed by atoms with van der Waals surface area (Å²) in [5, 5.41) is 9.30. The van der Waals surface area contributed by atoms with Crippen molar-refractivity contribution in [3.63, 3.8) is 0 Å². The van der Waals surface area contributed by atoms with E-state index in [9.17, 15) is 0 Å². The number of hydrogen-bond acceptors (Lipinski definition) is 2. The Morgan fingerprint density at radius 3 is 2.76 bits per heavy atom. The molecule has 0 unspecified atom stereocenters. The van der Waals surface area contributed by atoms with Crippen LogP contribution in [0.5, 0.6) is 0 Å². The number of halogens is 2. The second-order valence-electron chi connectivity index (χ2n) is 4.31. The van der Waals surface area contributed by atoms with E-state index < -0.39 is 0 Å². The Labute approximate surface area is 109 Å². The summed E-state index contributed by atoms with van der Waals surface area (Å²) in [6, 6.07) is 6.27. The number of rotatable bonds is 3. The lowest BCUT2D eigenvalue weighted by Gasteiger charge is -2.05. The van der Waals surface area contributed by atoms with Crippen LogP contribution in [-0.2, 0) is 6.42 Å². The van der Waals surface area contributed by atoms with Gasteiger partial charge in [0.2, 0.25) is 0 Å². The summed E-state index contributed by atoms with van der Waals surface area (Å²) in [6.07, 6.45) is 5.01. The van der Waals surface area contributed by atoms with Gasteiger partial charge >= 0.3 is 0 Å². The molecule has 5 heteroatoms. The van der Waals surface area contributed by atoms with Crippen molar-refractivity contribution in [2.45, 2.75) is 25.3 Å². The van der Waals surface area contributed by atoms with Crippen LogP contribution in [0.4, 0.5) is 0 Å². The highest BCUT2D eigenvalue weighted by Gasteiger charge is 2.25. The third kappa shape index (κ3) is 2.31. The lowest BCUT2D eigenvalue weighted by molar-refractivity contribution is 0.694. The minimum atomic E-state index is 0.582. The Kier molecular flexibility index (Phi) is 2.81. The smallest absolute Gasteiger partial charge is 0.137 e. The molecule has 1 saturated carbocycles. The molecule has 0 amide bonds. The summed E-state index contributed by atoms with van der Waals surface area (Å²) in [5.41, 5.74) is 1.11. The van der Waals surface area contributed by atoms with Crippen molar-refractivity contribution in [1.82, 2.24) is 14.8 Å². The molecule has 1 heterocycles. The molecule has 3 rings (SSSR count). The van der Waals surface area contributed by atoms with Crippen molar-refractivity contribution in [3.05, 3.63) is 46.0 Å². The molecule has 88 valence electrons. The zero-order chi connectivity index (χ0) is 11.8. The van der Waals surface area contributed by atoms with Gasteiger partial charge in [-0.15, -0.1) is 10.2 Å². The zero-order valence-corrected chi connectivity index (χ0v) is 10.6. The summed E-state index contributed by atoms with van der Waals surface area (Å²) >= 11 is 11.9. The maximum Gasteiger partial charge on any atom is 0.137 e. The molecule has 17 heavy (non-hydrogen) atoms. The molecule has 1 aliphatic rings. The van der Waals surface area contributed by atoms with E-state index in [0.29, 0.717) is 16.1 Å². The van der Waals surface area contributed by atoms with Crippen LogP contribution in [0.25, 0.3) is 0 Å². The van der Waals surface area contributed by atoms with E-state index in [1.807, 2.05) is 24.5 Å². The molecule has 0 atom stereocenters. The molecule has 1 aromatic carbocycles. The Morgan fingerprint density at radius 1 is 1.24 bits per heavy atom. The van der Waals surface area contributed by atoms with Crippen molar-refractivity contribution < 1.29 is 0 Å². The van der Waals surface area contributed by atoms with Gasteiger partial charge in [0, 0.05) is 12.5 Å². The molecule has 1 aliphatic carbocycles. The van der Waals surface area contributed by atoms with Gasteiger partial charge < -0.3 is 4.57 Å². The second-order valence-corrected chi connectivity index (χ2v) is 5.13. The second kappa shape index (κ2) is 4.31. The van der Waals surface area contributed by atoms with Crippen LogP contribution in [0.15, 0.2) is 24.5 Å². The maximum absolute atomic E-state index is 5.99. The molecule has 0 bridgehead atoms. The lowest BCUT2D eigenvalue weighted by atomic mass is 10.1. The standard InChI is InChI=1S/C12H11Cl2N3/c13-10-4-1-8(5-11(10)14)6-12-16-15-7-17(12)9-2-3-9/h1,4-5,7,9H,2-3,6H2. The van der Waals surface area contributed by atoms with E-state index in [2.05, 4.69) is 14.8 Å². The monoisotopic (exact) mass is 267 g/mol. The summed E-state index contributed by atoms with van der Waals surface area (Å²) < 4.78 is 2.16. The third-order valence-electron chi connectivity index (χ3n) is 2.93. The van der Waals surface area contributed by atoms with Gasteiger partial charge in [-0.25, -0.2) is 0 Å². The normalized spacial score (nSPS) is 15.2. The Morgan fingerprint density at radius 2 is 2.06 bits per heavy atom. The third-order valence-corrected chi connectivity index (χ3v) is 3.67. The van der Waals surface area contributed by atoms with E-state index in [0.717, 1.165) is 17.8 Å². The Hall–Kier alpha value is -1.06. The van der Waals surface area contributed by atoms with Crippen molar-refractivity contribution in [2.24, 2.45) is 0 Å². The molecular weight excluding hydrogens is 257 g/mol. The van der Waals surface area contributed by atoms with Gasteiger partial charge in [0.25, 0.3) is 0 Å². The van der Waals surface area contributed by atoms with E-state index in [1.165, 1.54) is 12.8 Å². The first kappa shape index (κ1) is 11.1. The molecular formula is C12H11Cl2N3. The quantitative estimate of drug-likeness (QED) is 0.852. The maximum atomic E-state index is 5.99. The fourth-order valence-corrected chi connectivity index (χ4v) is 2.20. The minimum Gasteiger partial charge on any atom is -0.314 e. The number of aromatic nitrogens is 3. The Balaban J connectivity index is 1.85. The minimum absolute atomic E-state index is 0.582. The molecule has 0 spiro atoms. The van der Waals surface area contributed by atoms with E-state index in [4.69, 9.17) is 23.2 Å². The van der Waals surface area contributed by atoms with Gasteiger partial charge in [-0.1, -0.05) is 29.3 Å². The van der Waals surface area contributed by atoms with Crippen LogP contribution in [-0.4, -0.2) is 14.8 Å². The van der Waals surface area contributed by atoms with Crippen LogP contribution < -0.4 is 0 Å². The van der Waals surface area contributed by atoms with Crippen molar-refractivity contribution in [1.29, 1.82) is 0 Å². The number of benzene rings is 1. The van der Waals surface area contributed by atoms with Crippen molar-refractivity contribution >= 4 is 23.2 Å². The van der Waals surface area contributed by atoms with Gasteiger partial charge in [0.1, 0.15) is 12.2 Å². The first-order valence-corrected chi connectivity index (χ1v) is 6.32. The van der Waals surface area contributed by atoms with Crippen LogP contribution in [0.2, 0.25) is 10.0 Å². The predicted octanol–water partition coefficient (Wildman–Crippen LogP) is 3.51. The predicted molar refractivity (Wildman–Crippen MR) is 67.6 cm³/mol. The molecule has 3 nitrogen and oxygen atoms in total. The van der Waals surface area contributed by atoms with Crippen LogP contribution in [0.1, 0.15) is 30.3 Å². The molecule has 0 radical (unpaired) electrons. The van der Waals surface area contributed by atoms with Crippen molar-refractivity contribution in [2.75, 3.05) is 0 Å². The van der Waals surface area contributed by atoms with E-state index in [1.54, 1.807) is 0 Å². The molecule has 0 N–H and O–H groups in total. The summed E-state index contributed by atoms with van der Waals surface area (Å²) in [4.78, 5) is 0. The molecule has 0 saturated heterocycles. The highest BCUT2D eigenvalue weighted by Crippen LogP contribution is 2.35. The van der Waals surface area contributed by atoms with Crippen LogP contribution in [0.3, 0.4) is 0 Å². The molecule has 1 fully saturated rings. The zero-order valence-electron chi connectivity index (χ0n) is 9.11. The topological polar surface area (TPSA) is 30.7 Å². The largest absolute Gasteiger partial charge is 0.314 e. The van der Waals surface area contributed by atoms with Gasteiger partial charge in [-0.3, -0.25) is 0 Å². The highest BCUT2D eigenvalue weighted by molar-refractivity contribution is 6.42. The van der Waals surface area contributed by atoms with Gasteiger partial charge in [0.15, 0.2) is 0 Å². The Bertz CT molecular complexity index is 546. The average Bonchev–Trinajstić information content (AvgIpc) is 3.05. The fourth-order valence-electron chi connectivity index (χ4n) is 1.88.